The van der Waals surface area contributed by atoms with E-state index in [0.29, 0.717) is 0 Å². The first-order valence-electron chi connectivity index (χ1n) is 12.2. The molecule has 0 saturated heterocycles. The molecule has 0 fully saturated rings. The topological polar surface area (TPSA) is 12.5 Å². The molecule has 2 nitrogen and oxygen atoms in total. The van der Waals surface area contributed by atoms with Gasteiger partial charge in [0.05, 0.1) is 13.2 Å². The van der Waals surface area contributed by atoms with Gasteiger partial charge in [0, 0.05) is 12.2 Å². The second-order valence-corrected chi connectivity index (χ2v) is 8.71. The Balaban J connectivity index is 0.000000617. The maximum Gasteiger partial charge on any atom is 0.673 e. The van der Waals surface area contributed by atoms with Gasteiger partial charge >= 0.3 is 7.25 Å². The smallest absolute Gasteiger partial charge is 0.497 e. The quantitative estimate of drug-likeness (QED) is 0.188. The van der Waals surface area contributed by atoms with E-state index in [-0.39, 0.29) is 6.04 Å². The van der Waals surface area contributed by atoms with Crippen molar-refractivity contribution >= 4 is 18.5 Å². The molecule has 5 rings (SSSR count). The Morgan fingerprint density at radius 3 is 1.71 bits per heavy atom. The van der Waals surface area contributed by atoms with Crippen LogP contribution in [0.5, 0.6) is 5.75 Å². The van der Waals surface area contributed by atoms with E-state index in [9.17, 15) is 17.3 Å². The lowest BCUT2D eigenvalue weighted by molar-refractivity contribution is 0.334. The highest BCUT2D eigenvalue weighted by Gasteiger charge is 2.27. The number of methoxy groups -OCH3 is 1. The molecule has 1 unspecified atom stereocenters. The van der Waals surface area contributed by atoms with Crippen LogP contribution in [-0.4, -0.2) is 19.3 Å². The van der Waals surface area contributed by atoms with Gasteiger partial charge in [-0.3, -0.25) is 0 Å². The molecule has 0 spiro atoms. The second kappa shape index (κ2) is 12.3. The maximum absolute atomic E-state index is 9.75. The molecule has 1 heterocycles. The Hall–Kier alpha value is -4.26. The number of benzene rings is 4. The standard InChI is InChI=1S/C31H27NO.BF4/c1-33-29-19-17-24(18-20-29)23-32-30(26-13-7-3-8-14-26)21-28(25-11-5-2-6-12-25)22-31(32)27-15-9-4-10-16-27;2-1(3,4)5/h2-22,30H,23H2,1H3;/q;-1. The minimum atomic E-state index is -6.00. The Labute approximate surface area is 220 Å². The average Bonchev–Trinajstić information content (AvgIpc) is 2.94. The molecule has 0 N–H and O–H groups in total. The van der Waals surface area contributed by atoms with Crippen molar-refractivity contribution in [3.8, 4) is 5.75 Å². The summed E-state index contributed by atoms with van der Waals surface area (Å²) in [5.41, 5.74) is 7.44. The summed E-state index contributed by atoms with van der Waals surface area (Å²) in [6, 6.07) is 40.6. The summed E-state index contributed by atoms with van der Waals surface area (Å²) >= 11 is 0. The van der Waals surface area contributed by atoms with Crippen molar-refractivity contribution in [2.45, 2.75) is 12.6 Å². The van der Waals surface area contributed by atoms with Gasteiger partial charge in [0.1, 0.15) is 5.75 Å². The molecule has 1 aliphatic rings. The van der Waals surface area contributed by atoms with Crippen LogP contribution in [0.1, 0.15) is 28.3 Å². The van der Waals surface area contributed by atoms with Crippen LogP contribution in [0.4, 0.5) is 17.3 Å². The summed E-state index contributed by atoms with van der Waals surface area (Å²) < 4.78 is 44.4. The summed E-state index contributed by atoms with van der Waals surface area (Å²) in [6.45, 7) is 0.794. The summed E-state index contributed by atoms with van der Waals surface area (Å²) in [7, 11) is -4.29. The molecule has 4 aromatic rings. The number of allylic oxidation sites excluding steroid dienone is 2. The van der Waals surface area contributed by atoms with E-state index < -0.39 is 7.25 Å². The van der Waals surface area contributed by atoms with E-state index in [1.54, 1.807) is 7.11 Å². The van der Waals surface area contributed by atoms with Crippen molar-refractivity contribution in [2.24, 2.45) is 0 Å². The molecule has 38 heavy (non-hydrogen) atoms. The SMILES string of the molecule is COc1ccc(CN2C(c3ccccc3)=CC(c3ccccc3)=CC2c2ccccc2)cc1.F[B-](F)(F)F. The third kappa shape index (κ3) is 7.38. The number of halogens is 4. The Morgan fingerprint density at radius 1 is 0.684 bits per heavy atom. The Morgan fingerprint density at radius 2 is 1.18 bits per heavy atom. The predicted octanol–water partition coefficient (Wildman–Crippen LogP) is 8.68. The highest BCUT2D eigenvalue weighted by molar-refractivity contribution is 6.50. The van der Waals surface area contributed by atoms with Gasteiger partial charge in [0.15, 0.2) is 0 Å². The molecule has 4 aromatic carbocycles. The second-order valence-electron chi connectivity index (χ2n) is 8.71. The monoisotopic (exact) mass is 516 g/mol. The molecule has 0 bridgehead atoms. The first-order valence-corrected chi connectivity index (χ1v) is 12.2. The predicted molar refractivity (Wildman–Crippen MR) is 147 cm³/mol. The van der Waals surface area contributed by atoms with Crippen molar-refractivity contribution in [3.05, 3.63) is 150 Å². The zero-order valence-corrected chi connectivity index (χ0v) is 20.9. The van der Waals surface area contributed by atoms with Crippen LogP contribution in [0.25, 0.3) is 11.3 Å². The molecule has 1 aliphatic heterocycles. The van der Waals surface area contributed by atoms with Crippen molar-refractivity contribution in [3.63, 3.8) is 0 Å². The molecule has 0 amide bonds. The van der Waals surface area contributed by atoms with Gasteiger partial charge in [0.2, 0.25) is 0 Å². The van der Waals surface area contributed by atoms with Crippen LogP contribution in [0.15, 0.2) is 127 Å². The minimum Gasteiger partial charge on any atom is -0.497 e. The van der Waals surface area contributed by atoms with Crippen molar-refractivity contribution in [1.82, 2.24) is 4.90 Å². The molecular weight excluding hydrogens is 489 g/mol. The van der Waals surface area contributed by atoms with E-state index in [1.165, 1.54) is 33.5 Å². The molecule has 0 aromatic heterocycles. The lowest BCUT2D eigenvalue weighted by Crippen LogP contribution is -2.28. The van der Waals surface area contributed by atoms with Gasteiger partial charge in [-0.1, -0.05) is 103 Å². The van der Waals surface area contributed by atoms with Crippen molar-refractivity contribution < 1.29 is 22.0 Å². The number of rotatable bonds is 6. The molecule has 0 radical (unpaired) electrons. The van der Waals surface area contributed by atoms with E-state index in [1.807, 2.05) is 12.1 Å². The van der Waals surface area contributed by atoms with Crippen LogP contribution in [0.2, 0.25) is 0 Å². The number of nitrogens with zero attached hydrogens (tertiary/aromatic N) is 1. The largest absolute Gasteiger partial charge is 0.673 e. The summed E-state index contributed by atoms with van der Waals surface area (Å²) in [5.74, 6) is 0.877. The summed E-state index contributed by atoms with van der Waals surface area (Å²) in [5, 5.41) is 0. The van der Waals surface area contributed by atoms with Gasteiger partial charge in [0.25, 0.3) is 0 Å². The highest BCUT2D eigenvalue weighted by Crippen LogP contribution is 2.40. The fraction of sp³-hybridized carbons (Fsp3) is 0.0968. The Kier molecular flexibility index (Phi) is 8.69. The van der Waals surface area contributed by atoms with Crippen LogP contribution < -0.4 is 4.74 Å². The number of hydrogen-bond acceptors (Lipinski definition) is 2. The average molecular weight is 516 g/mol. The molecular formula is C31H27BF4NO-. The third-order valence-corrected chi connectivity index (χ3v) is 6.10. The van der Waals surface area contributed by atoms with Crippen LogP contribution >= 0.6 is 0 Å². The fourth-order valence-corrected chi connectivity index (χ4v) is 4.39. The van der Waals surface area contributed by atoms with Gasteiger partial charge < -0.3 is 26.9 Å². The number of ether oxygens (including phenoxy) is 1. The lowest BCUT2D eigenvalue weighted by Gasteiger charge is -2.38. The van der Waals surface area contributed by atoms with Crippen molar-refractivity contribution in [2.75, 3.05) is 7.11 Å². The van der Waals surface area contributed by atoms with Crippen LogP contribution in [0, 0.1) is 0 Å². The van der Waals surface area contributed by atoms with E-state index >= 15 is 0 Å². The third-order valence-electron chi connectivity index (χ3n) is 6.10. The molecule has 7 heteroatoms. The van der Waals surface area contributed by atoms with E-state index in [0.717, 1.165) is 12.3 Å². The van der Waals surface area contributed by atoms with E-state index in [4.69, 9.17) is 4.74 Å². The lowest BCUT2D eigenvalue weighted by atomic mass is 9.91. The fourth-order valence-electron chi connectivity index (χ4n) is 4.39. The summed E-state index contributed by atoms with van der Waals surface area (Å²) in [6.07, 6.45) is 4.72. The number of hydrogen-bond donors (Lipinski definition) is 0. The molecule has 0 saturated carbocycles. The van der Waals surface area contributed by atoms with Crippen LogP contribution in [0.3, 0.4) is 0 Å². The van der Waals surface area contributed by atoms with Gasteiger partial charge in [-0.25, -0.2) is 0 Å². The normalized spacial score (nSPS) is 15.1. The molecule has 1 atom stereocenters. The minimum absolute atomic E-state index is 0.115. The van der Waals surface area contributed by atoms with Crippen LogP contribution in [-0.2, 0) is 6.54 Å². The Bertz CT molecular complexity index is 1350. The van der Waals surface area contributed by atoms with Gasteiger partial charge in [-0.05, 0) is 52.1 Å². The van der Waals surface area contributed by atoms with Crippen molar-refractivity contribution in [1.29, 1.82) is 0 Å². The molecule has 194 valence electrons. The maximum atomic E-state index is 9.75. The highest BCUT2D eigenvalue weighted by atomic mass is 19.5. The first kappa shape index (κ1) is 26.8. The zero-order valence-electron chi connectivity index (χ0n) is 20.9. The summed E-state index contributed by atoms with van der Waals surface area (Å²) in [4.78, 5) is 2.50. The molecule has 0 aliphatic carbocycles. The van der Waals surface area contributed by atoms with Gasteiger partial charge in [-0.15, -0.1) is 0 Å². The first-order chi connectivity index (χ1) is 18.3. The van der Waals surface area contributed by atoms with E-state index in [2.05, 4.69) is 120 Å². The van der Waals surface area contributed by atoms with Gasteiger partial charge in [-0.2, -0.15) is 0 Å². The zero-order chi connectivity index (χ0) is 27.0.